The molecule has 1 aromatic heterocycles. The quantitative estimate of drug-likeness (QED) is 0.485. The summed E-state index contributed by atoms with van der Waals surface area (Å²) in [4.78, 5) is 16.1. The molecule has 0 saturated carbocycles. The number of likely N-dealkylation sites (tertiary alicyclic amines) is 1. The van der Waals surface area contributed by atoms with Crippen LogP contribution in [0.5, 0.6) is 11.5 Å². The van der Waals surface area contributed by atoms with E-state index in [9.17, 15) is 4.79 Å². The number of benzene rings is 2. The lowest BCUT2D eigenvalue weighted by Crippen LogP contribution is -2.39. The van der Waals surface area contributed by atoms with Gasteiger partial charge in [-0.1, -0.05) is 36.4 Å². The number of carbonyl (C=O) groups is 1. The minimum atomic E-state index is -0.0737. The Labute approximate surface area is 194 Å². The minimum absolute atomic E-state index is 0.0292. The zero-order valence-corrected chi connectivity index (χ0v) is 19.1. The summed E-state index contributed by atoms with van der Waals surface area (Å²) in [5.74, 6) is 1.90. The van der Waals surface area contributed by atoms with Gasteiger partial charge >= 0.3 is 0 Å². The number of hydrogen-bond acceptors (Lipinski definition) is 5. The lowest BCUT2D eigenvalue weighted by molar-refractivity contribution is -0.123. The van der Waals surface area contributed by atoms with Gasteiger partial charge in [-0.25, -0.2) is 0 Å². The van der Waals surface area contributed by atoms with Crippen molar-refractivity contribution >= 4 is 17.2 Å². The second kappa shape index (κ2) is 11.7. The maximum absolute atomic E-state index is 12.2. The molecule has 1 saturated heterocycles. The number of nitrogens with one attached hydrogen (secondary N) is 1. The molecule has 0 unspecified atom stereocenters. The van der Waals surface area contributed by atoms with E-state index in [1.807, 2.05) is 65.9 Å². The molecule has 168 valence electrons. The number of nitrogens with zero attached hydrogens (tertiary/aromatic N) is 1. The van der Waals surface area contributed by atoms with Gasteiger partial charge in [-0.2, -0.15) is 0 Å². The fraction of sp³-hybridized carbons (Fsp3) is 0.346. The predicted octanol–water partition coefficient (Wildman–Crippen LogP) is 4.73. The van der Waals surface area contributed by atoms with Crippen LogP contribution in [0.1, 0.15) is 23.3 Å². The Morgan fingerprint density at radius 1 is 0.938 bits per heavy atom. The summed E-state index contributed by atoms with van der Waals surface area (Å²) < 4.78 is 11.4. The minimum Gasteiger partial charge on any atom is -0.489 e. The average molecular weight is 451 g/mol. The average Bonchev–Trinajstić information content (AvgIpc) is 3.35. The molecule has 0 bridgehead atoms. The Morgan fingerprint density at radius 2 is 1.66 bits per heavy atom. The maximum Gasteiger partial charge on any atom is 0.257 e. The summed E-state index contributed by atoms with van der Waals surface area (Å²) in [6.45, 7) is 4.50. The van der Waals surface area contributed by atoms with Crippen LogP contribution in [0.15, 0.2) is 72.1 Å². The Hall–Kier alpha value is -2.83. The van der Waals surface area contributed by atoms with E-state index in [0.29, 0.717) is 18.3 Å². The van der Waals surface area contributed by atoms with Gasteiger partial charge in [0.2, 0.25) is 0 Å². The highest BCUT2D eigenvalue weighted by atomic mass is 32.1. The van der Waals surface area contributed by atoms with E-state index in [2.05, 4.69) is 27.7 Å². The van der Waals surface area contributed by atoms with Gasteiger partial charge in [0, 0.05) is 18.0 Å². The summed E-state index contributed by atoms with van der Waals surface area (Å²) in [6, 6.07) is 21.7. The van der Waals surface area contributed by atoms with E-state index in [1.165, 1.54) is 4.88 Å². The first-order valence-electron chi connectivity index (χ1n) is 11.2. The molecule has 1 N–H and O–H groups in total. The number of carbonyl (C=O) groups excluding carboxylic acids is 1. The van der Waals surface area contributed by atoms with Crippen molar-refractivity contribution in [2.45, 2.75) is 26.0 Å². The highest BCUT2D eigenvalue weighted by Crippen LogP contribution is 2.21. The molecular weight excluding hydrogens is 420 g/mol. The topological polar surface area (TPSA) is 50.8 Å². The maximum atomic E-state index is 12.2. The van der Waals surface area contributed by atoms with Crippen molar-refractivity contribution in [2.75, 3.05) is 26.2 Å². The number of ether oxygens (including phenoxy) is 2. The van der Waals surface area contributed by atoms with Crippen LogP contribution in [-0.4, -0.2) is 37.0 Å². The number of hydrogen-bond donors (Lipinski definition) is 1. The van der Waals surface area contributed by atoms with Crippen LogP contribution in [0.2, 0.25) is 0 Å². The summed E-state index contributed by atoms with van der Waals surface area (Å²) >= 11 is 1.82. The third-order valence-electron chi connectivity index (χ3n) is 5.70. The highest BCUT2D eigenvalue weighted by Gasteiger charge is 2.20. The number of rotatable bonds is 10. The van der Waals surface area contributed by atoms with Crippen molar-refractivity contribution in [1.82, 2.24) is 10.2 Å². The third-order valence-corrected chi connectivity index (χ3v) is 6.56. The first-order valence-corrected chi connectivity index (χ1v) is 12.0. The first-order chi connectivity index (χ1) is 15.7. The van der Waals surface area contributed by atoms with Gasteiger partial charge in [0.25, 0.3) is 5.91 Å². The van der Waals surface area contributed by atoms with Gasteiger partial charge in [0.15, 0.2) is 6.61 Å². The molecule has 1 aliphatic heterocycles. The van der Waals surface area contributed by atoms with Crippen molar-refractivity contribution in [3.8, 4) is 11.5 Å². The molecule has 32 heavy (non-hydrogen) atoms. The predicted molar refractivity (Wildman–Crippen MR) is 128 cm³/mol. The molecule has 6 heteroatoms. The fourth-order valence-corrected chi connectivity index (χ4v) is 4.55. The van der Waals surface area contributed by atoms with Crippen LogP contribution in [-0.2, 0) is 17.9 Å². The van der Waals surface area contributed by atoms with Gasteiger partial charge in [-0.3, -0.25) is 9.69 Å². The Morgan fingerprint density at radius 3 is 2.34 bits per heavy atom. The molecule has 4 rings (SSSR count). The number of piperidine rings is 1. The van der Waals surface area contributed by atoms with Crippen molar-refractivity contribution in [3.05, 3.63) is 82.6 Å². The Bertz CT molecular complexity index is 937. The van der Waals surface area contributed by atoms with Gasteiger partial charge in [0.05, 0.1) is 0 Å². The van der Waals surface area contributed by atoms with Crippen LogP contribution < -0.4 is 14.8 Å². The molecule has 0 radical (unpaired) electrons. The van der Waals surface area contributed by atoms with E-state index in [1.54, 1.807) is 0 Å². The molecule has 1 fully saturated rings. The molecule has 3 aromatic rings. The number of amides is 1. The van der Waals surface area contributed by atoms with Gasteiger partial charge < -0.3 is 14.8 Å². The monoisotopic (exact) mass is 450 g/mol. The molecule has 1 amide bonds. The van der Waals surface area contributed by atoms with Crippen LogP contribution >= 0.6 is 11.3 Å². The van der Waals surface area contributed by atoms with Gasteiger partial charge in [-0.05, 0) is 73.1 Å². The molecule has 1 aliphatic rings. The van der Waals surface area contributed by atoms with E-state index in [-0.39, 0.29) is 12.5 Å². The second-order valence-electron chi connectivity index (χ2n) is 8.14. The van der Waals surface area contributed by atoms with Crippen LogP contribution in [0.25, 0.3) is 0 Å². The molecule has 5 nitrogen and oxygen atoms in total. The molecule has 0 aliphatic carbocycles. The smallest absolute Gasteiger partial charge is 0.257 e. The lowest BCUT2D eigenvalue weighted by Gasteiger charge is -2.31. The van der Waals surface area contributed by atoms with Crippen molar-refractivity contribution < 1.29 is 14.3 Å². The van der Waals surface area contributed by atoms with Gasteiger partial charge in [0.1, 0.15) is 18.1 Å². The van der Waals surface area contributed by atoms with Gasteiger partial charge in [-0.15, -0.1) is 11.3 Å². The zero-order chi connectivity index (χ0) is 22.0. The summed E-state index contributed by atoms with van der Waals surface area (Å²) in [7, 11) is 0. The van der Waals surface area contributed by atoms with Crippen LogP contribution in [0.4, 0.5) is 0 Å². The zero-order valence-electron chi connectivity index (χ0n) is 18.2. The van der Waals surface area contributed by atoms with Crippen LogP contribution in [0, 0.1) is 5.92 Å². The Kier molecular flexibility index (Phi) is 8.17. The van der Waals surface area contributed by atoms with Crippen molar-refractivity contribution in [1.29, 1.82) is 0 Å². The van der Waals surface area contributed by atoms with E-state index in [0.717, 1.165) is 50.3 Å². The van der Waals surface area contributed by atoms with E-state index in [4.69, 9.17) is 9.47 Å². The van der Waals surface area contributed by atoms with Crippen molar-refractivity contribution in [3.63, 3.8) is 0 Å². The molecule has 0 spiro atoms. The fourth-order valence-electron chi connectivity index (χ4n) is 3.80. The molecule has 0 atom stereocenters. The highest BCUT2D eigenvalue weighted by molar-refractivity contribution is 7.09. The summed E-state index contributed by atoms with van der Waals surface area (Å²) in [5, 5.41) is 5.16. The van der Waals surface area contributed by atoms with Crippen molar-refractivity contribution in [2.24, 2.45) is 5.92 Å². The SMILES string of the molecule is O=C(COc1ccc(OCc2ccccc2)cc1)NCC1CCN(Cc2cccs2)CC1. The largest absolute Gasteiger partial charge is 0.489 e. The van der Waals surface area contributed by atoms with E-state index < -0.39 is 0 Å². The lowest BCUT2D eigenvalue weighted by atomic mass is 9.97. The third kappa shape index (κ3) is 7.11. The molecular formula is C26H30N2O3S. The molecule has 2 heterocycles. The summed E-state index contributed by atoms with van der Waals surface area (Å²) in [5.41, 5.74) is 1.12. The Balaban J connectivity index is 1.10. The summed E-state index contributed by atoms with van der Waals surface area (Å²) in [6.07, 6.45) is 2.24. The van der Waals surface area contributed by atoms with Crippen LogP contribution in [0.3, 0.4) is 0 Å². The standard InChI is InChI=1S/C26H30N2O3S/c29-26(27-17-21-12-14-28(15-13-21)18-25-7-4-16-32-25)20-31-24-10-8-23(9-11-24)30-19-22-5-2-1-3-6-22/h1-11,16,21H,12-15,17-20H2,(H,27,29). The van der Waals surface area contributed by atoms with E-state index >= 15 is 0 Å². The molecule has 2 aromatic carbocycles. The second-order valence-corrected chi connectivity index (χ2v) is 9.17. The normalized spacial score (nSPS) is 14.8. The number of thiophene rings is 1. The first kappa shape index (κ1) is 22.4.